The SMILES string of the molecule is CCCC(NC(=O)N(C)CCC(=O)OC)C(=O)O. The summed E-state index contributed by atoms with van der Waals surface area (Å²) in [5, 5.41) is 11.3. The van der Waals surface area contributed by atoms with Gasteiger partial charge in [0, 0.05) is 13.6 Å². The number of hydrogen-bond donors (Lipinski definition) is 2. The summed E-state index contributed by atoms with van der Waals surface area (Å²) < 4.78 is 4.45. The molecule has 0 aromatic heterocycles. The number of carboxylic acid groups (broad SMARTS) is 1. The Morgan fingerprint density at radius 2 is 2.00 bits per heavy atom. The number of nitrogens with zero attached hydrogens (tertiary/aromatic N) is 1. The van der Waals surface area contributed by atoms with Gasteiger partial charge in [0.2, 0.25) is 0 Å². The third-order valence-corrected chi connectivity index (χ3v) is 2.40. The molecule has 0 aromatic carbocycles. The van der Waals surface area contributed by atoms with Crippen molar-refractivity contribution in [2.45, 2.75) is 32.2 Å². The maximum Gasteiger partial charge on any atom is 0.326 e. The number of hydrogen-bond acceptors (Lipinski definition) is 4. The number of carbonyl (C=O) groups excluding carboxylic acids is 2. The van der Waals surface area contributed by atoms with Crippen molar-refractivity contribution < 1.29 is 24.2 Å². The maximum atomic E-state index is 11.6. The lowest BCUT2D eigenvalue weighted by Gasteiger charge is -2.20. The Bertz CT molecular complexity index is 306. The minimum Gasteiger partial charge on any atom is -0.480 e. The smallest absolute Gasteiger partial charge is 0.326 e. The average molecular weight is 260 g/mol. The number of methoxy groups -OCH3 is 1. The Balaban J connectivity index is 4.20. The van der Waals surface area contributed by atoms with Crippen LogP contribution in [0.2, 0.25) is 0 Å². The fraction of sp³-hybridized carbons (Fsp3) is 0.727. The molecule has 0 aromatic rings. The minimum absolute atomic E-state index is 0.0753. The summed E-state index contributed by atoms with van der Waals surface area (Å²) in [6.45, 7) is 2.01. The van der Waals surface area contributed by atoms with Gasteiger partial charge in [-0.15, -0.1) is 0 Å². The van der Waals surface area contributed by atoms with Crippen molar-refractivity contribution in [1.29, 1.82) is 0 Å². The van der Waals surface area contributed by atoms with Crippen LogP contribution < -0.4 is 5.32 Å². The molecule has 2 N–H and O–H groups in total. The number of amides is 2. The Morgan fingerprint density at radius 3 is 2.44 bits per heavy atom. The van der Waals surface area contributed by atoms with Crippen LogP contribution >= 0.6 is 0 Å². The number of urea groups is 1. The normalized spacial score (nSPS) is 11.5. The molecule has 0 bridgehead atoms. The van der Waals surface area contributed by atoms with Gasteiger partial charge in [-0.05, 0) is 6.42 Å². The highest BCUT2D eigenvalue weighted by atomic mass is 16.5. The first-order valence-corrected chi connectivity index (χ1v) is 5.73. The number of carbonyl (C=O) groups is 3. The summed E-state index contributed by atoms with van der Waals surface area (Å²) in [6.07, 6.45) is 1.10. The molecular formula is C11H20N2O5. The van der Waals surface area contributed by atoms with Crippen LogP contribution in [-0.2, 0) is 14.3 Å². The summed E-state index contributed by atoms with van der Waals surface area (Å²) in [7, 11) is 2.76. The van der Waals surface area contributed by atoms with Gasteiger partial charge < -0.3 is 20.1 Å². The van der Waals surface area contributed by atoms with Crippen LogP contribution in [0.25, 0.3) is 0 Å². The zero-order chi connectivity index (χ0) is 14.1. The van der Waals surface area contributed by atoms with E-state index in [9.17, 15) is 14.4 Å². The highest BCUT2D eigenvalue weighted by Crippen LogP contribution is 1.99. The number of aliphatic carboxylic acids is 1. The lowest BCUT2D eigenvalue weighted by Crippen LogP contribution is -2.47. The summed E-state index contributed by atoms with van der Waals surface area (Å²) in [6, 6.07) is -1.41. The van der Waals surface area contributed by atoms with Crippen LogP contribution in [0.1, 0.15) is 26.2 Å². The van der Waals surface area contributed by atoms with Crippen molar-refractivity contribution in [3.05, 3.63) is 0 Å². The van der Waals surface area contributed by atoms with E-state index in [1.807, 2.05) is 6.92 Å². The van der Waals surface area contributed by atoms with Crippen LogP contribution in [0.3, 0.4) is 0 Å². The molecule has 18 heavy (non-hydrogen) atoms. The molecule has 0 rings (SSSR count). The summed E-state index contributed by atoms with van der Waals surface area (Å²) in [5.74, 6) is -1.48. The second-order valence-electron chi connectivity index (χ2n) is 3.88. The van der Waals surface area contributed by atoms with Crippen molar-refractivity contribution in [1.82, 2.24) is 10.2 Å². The van der Waals surface area contributed by atoms with Gasteiger partial charge in [-0.1, -0.05) is 13.3 Å². The molecule has 104 valence electrons. The van der Waals surface area contributed by atoms with Crippen molar-refractivity contribution >= 4 is 18.0 Å². The van der Waals surface area contributed by atoms with E-state index in [2.05, 4.69) is 10.1 Å². The highest BCUT2D eigenvalue weighted by molar-refractivity contribution is 5.82. The molecule has 0 fully saturated rings. The Kier molecular flexibility index (Phi) is 7.50. The summed E-state index contributed by atoms with van der Waals surface area (Å²) >= 11 is 0. The molecule has 0 radical (unpaired) electrons. The molecule has 0 heterocycles. The maximum absolute atomic E-state index is 11.6. The molecule has 0 aliphatic rings. The predicted molar refractivity (Wildman–Crippen MR) is 64.1 cm³/mol. The second-order valence-corrected chi connectivity index (χ2v) is 3.88. The van der Waals surface area contributed by atoms with Gasteiger partial charge in [0.1, 0.15) is 6.04 Å². The molecule has 7 nitrogen and oxygen atoms in total. The van der Waals surface area contributed by atoms with Gasteiger partial charge in [0.05, 0.1) is 13.5 Å². The second kappa shape index (κ2) is 8.32. The van der Waals surface area contributed by atoms with E-state index in [0.717, 1.165) is 0 Å². The number of rotatable bonds is 7. The van der Waals surface area contributed by atoms with Gasteiger partial charge in [-0.25, -0.2) is 9.59 Å². The number of nitrogens with one attached hydrogen (secondary N) is 1. The predicted octanol–water partition coefficient (Wildman–Crippen LogP) is 0.444. The van der Waals surface area contributed by atoms with Gasteiger partial charge in [-0.2, -0.15) is 0 Å². The van der Waals surface area contributed by atoms with E-state index in [1.165, 1.54) is 19.1 Å². The lowest BCUT2D eigenvalue weighted by atomic mass is 10.2. The average Bonchev–Trinajstić information content (AvgIpc) is 2.34. The quantitative estimate of drug-likeness (QED) is 0.648. The van der Waals surface area contributed by atoms with Crippen molar-refractivity contribution in [2.75, 3.05) is 20.7 Å². The van der Waals surface area contributed by atoms with E-state index in [0.29, 0.717) is 12.8 Å². The molecular weight excluding hydrogens is 240 g/mol. The molecule has 7 heteroatoms. The van der Waals surface area contributed by atoms with Crippen LogP contribution in [0, 0.1) is 0 Å². The Hall–Kier alpha value is -1.79. The molecule has 0 saturated carbocycles. The fourth-order valence-corrected chi connectivity index (χ4v) is 1.27. The number of esters is 1. The van der Waals surface area contributed by atoms with Crippen LogP contribution in [0.15, 0.2) is 0 Å². The molecule has 0 spiro atoms. The standard InChI is InChI=1S/C11H20N2O5/c1-4-5-8(10(15)16)12-11(17)13(2)7-6-9(14)18-3/h8H,4-7H2,1-3H3,(H,12,17)(H,15,16). The molecule has 1 atom stereocenters. The number of ether oxygens (including phenoxy) is 1. The molecule has 0 aliphatic heterocycles. The number of carboxylic acids is 1. The monoisotopic (exact) mass is 260 g/mol. The summed E-state index contributed by atoms with van der Waals surface area (Å²) in [5.41, 5.74) is 0. The van der Waals surface area contributed by atoms with E-state index < -0.39 is 24.0 Å². The Morgan fingerprint density at radius 1 is 1.39 bits per heavy atom. The topological polar surface area (TPSA) is 95.9 Å². The zero-order valence-electron chi connectivity index (χ0n) is 10.9. The zero-order valence-corrected chi connectivity index (χ0v) is 10.9. The third kappa shape index (κ3) is 6.07. The van der Waals surface area contributed by atoms with Gasteiger partial charge >= 0.3 is 18.0 Å². The van der Waals surface area contributed by atoms with Crippen molar-refractivity contribution in [3.63, 3.8) is 0 Å². The van der Waals surface area contributed by atoms with Crippen LogP contribution in [0.5, 0.6) is 0 Å². The minimum atomic E-state index is -1.06. The van der Waals surface area contributed by atoms with E-state index in [1.54, 1.807) is 0 Å². The molecule has 1 unspecified atom stereocenters. The Labute approximate surface area is 106 Å². The van der Waals surface area contributed by atoms with E-state index in [4.69, 9.17) is 5.11 Å². The molecule has 0 aliphatic carbocycles. The largest absolute Gasteiger partial charge is 0.480 e. The summed E-state index contributed by atoms with van der Waals surface area (Å²) in [4.78, 5) is 34.6. The first kappa shape index (κ1) is 16.2. The molecule has 2 amide bonds. The van der Waals surface area contributed by atoms with E-state index in [-0.39, 0.29) is 13.0 Å². The van der Waals surface area contributed by atoms with Crippen molar-refractivity contribution in [2.24, 2.45) is 0 Å². The third-order valence-electron chi connectivity index (χ3n) is 2.40. The first-order valence-electron chi connectivity index (χ1n) is 5.73. The fourth-order valence-electron chi connectivity index (χ4n) is 1.27. The van der Waals surface area contributed by atoms with Gasteiger partial charge in [0.15, 0.2) is 0 Å². The van der Waals surface area contributed by atoms with Crippen LogP contribution in [-0.4, -0.2) is 54.7 Å². The van der Waals surface area contributed by atoms with E-state index >= 15 is 0 Å². The highest BCUT2D eigenvalue weighted by Gasteiger charge is 2.20. The van der Waals surface area contributed by atoms with Crippen LogP contribution in [0.4, 0.5) is 4.79 Å². The van der Waals surface area contributed by atoms with Gasteiger partial charge in [-0.3, -0.25) is 4.79 Å². The molecule has 0 saturated heterocycles. The lowest BCUT2D eigenvalue weighted by molar-refractivity contribution is -0.141. The van der Waals surface area contributed by atoms with Crippen molar-refractivity contribution in [3.8, 4) is 0 Å². The first-order chi connectivity index (χ1) is 8.42. The van der Waals surface area contributed by atoms with Gasteiger partial charge in [0.25, 0.3) is 0 Å².